The Morgan fingerprint density at radius 2 is 1.20 bits per heavy atom. The van der Waals surface area contributed by atoms with E-state index in [4.69, 9.17) is 29.7 Å². The van der Waals surface area contributed by atoms with Gasteiger partial charge < -0.3 is 59.8 Å². The van der Waals surface area contributed by atoms with Gasteiger partial charge in [-0.15, -0.1) is 0 Å². The van der Waals surface area contributed by atoms with Crippen molar-refractivity contribution >= 4 is 0 Å². The summed E-state index contributed by atoms with van der Waals surface area (Å²) in [6.07, 6.45) is -11.8. The number of benzene rings is 2. The monoisotopic (exact) mass is 644 g/mol. The van der Waals surface area contributed by atoms with Crippen LogP contribution in [0.1, 0.15) is 18.1 Å². The van der Waals surface area contributed by atoms with E-state index in [1.165, 1.54) is 6.92 Å². The molecule has 1 aromatic heterocycles. The van der Waals surface area contributed by atoms with Crippen LogP contribution in [-0.2, 0) is 9.47 Å². The summed E-state index contributed by atoms with van der Waals surface area (Å²) in [4.78, 5) is 4.80. The first kappa shape index (κ1) is 34.1. The third-order valence-electron chi connectivity index (χ3n) is 8.45. The maximum atomic E-state index is 10.8. The van der Waals surface area contributed by atoms with Gasteiger partial charge in [-0.1, -0.05) is 6.07 Å². The maximum Gasteiger partial charge on any atom is 0.245 e. The summed E-state index contributed by atoms with van der Waals surface area (Å²) in [6.45, 7) is 3.63. The zero-order valence-corrected chi connectivity index (χ0v) is 25.5. The molecule has 10 N–H and O–H groups in total. The maximum absolute atomic E-state index is 10.8. The minimum atomic E-state index is -2.45. The van der Waals surface area contributed by atoms with Crippen molar-refractivity contribution in [3.05, 3.63) is 65.7 Å². The van der Waals surface area contributed by atoms with Crippen molar-refractivity contribution in [2.45, 2.75) is 81.3 Å². The van der Waals surface area contributed by atoms with E-state index in [9.17, 15) is 40.9 Å². The van der Waals surface area contributed by atoms with Crippen LogP contribution in [0.15, 0.2) is 54.6 Å². The highest BCUT2D eigenvalue weighted by Crippen LogP contribution is 2.35. The molecule has 2 aliphatic rings. The quantitative estimate of drug-likeness (QED) is 0.135. The molecule has 2 saturated heterocycles. The van der Waals surface area contributed by atoms with Crippen LogP contribution in [0.25, 0.3) is 22.5 Å². The Labute approximate surface area is 264 Å². The highest BCUT2D eigenvalue weighted by Gasteiger charge is 2.55. The molecule has 250 valence electrons. The summed E-state index contributed by atoms with van der Waals surface area (Å²) in [7, 11) is 0. The molecule has 2 aliphatic heterocycles. The summed E-state index contributed by atoms with van der Waals surface area (Å²) >= 11 is 0. The van der Waals surface area contributed by atoms with Gasteiger partial charge in [0.2, 0.25) is 18.3 Å². The van der Waals surface area contributed by atoms with Crippen LogP contribution >= 0.6 is 0 Å². The first-order chi connectivity index (χ1) is 21.7. The van der Waals surface area contributed by atoms with Crippen LogP contribution in [0.4, 0.5) is 0 Å². The first-order valence-electron chi connectivity index (χ1n) is 14.7. The van der Waals surface area contributed by atoms with Gasteiger partial charge >= 0.3 is 0 Å². The van der Waals surface area contributed by atoms with Crippen LogP contribution in [0.2, 0.25) is 0 Å². The molecule has 0 radical (unpaired) electrons. The Hall–Kier alpha value is -3.25. The smallest absolute Gasteiger partial charge is 0.245 e. The number of aliphatic hydroxyl groups excluding tert-OH is 6. The number of rotatable bonds is 8. The lowest BCUT2D eigenvalue weighted by molar-refractivity contribution is -0.319. The molecule has 0 amide bonds. The van der Waals surface area contributed by atoms with Crippen molar-refractivity contribution in [2.24, 2.45) is 5.73 Å². The fraction of sp³-hybridized carbons (Fsp3) is 0.469. The van der Waals surface area contributed by atoms with Gasteiger partial charge in [-0.25, -0.2) is 4.98 Å². The van der Waals surface area contributed by atoms with Crippen molar-refractivity contribution in [1.82, 2.24) is 4.98 Å². The number of hydrogen-bond acceptors (Lipinski definition) is 14. The van der Waals surface area contributed by atoms with Crippen LogP contribution in [-0.4, -0.2) is 120 Å². The highest BCUT2D eigenvalue weighted by molar-refractivity contribution is 5.68. The van der Waals surface area contributed by atoms with Crippen LogP contribution in [0.3, 0.4) is 0 Å². The minimum absolute atomic E-state index is 0.286. The first-order valence-corrected chi connectivity index (χ1v) is 14.7. The predicted octanol–water partition coefficient (Wildman–Crippen LogP) is -0.934. The average molecular weight is 645 g/mol. The number of ether oxygens (including phenoxy) is 4. The Bertz CT molecular complexity index is 1430. The molecule has 0 spiro atoms. The third-order valence-corrected chi connectivity index (χ3v) is 8.45. The van der Waals surface area contributed by atoms with E-state index in [0.29, 0.717) is 28.3 Å². The van der Waals surface area contributed by atoms with Crippen molar-refractivity contribution in [2.75, 3.05) is 13.2 Å². The number of nitrogens with two attached hydrogens (primary N) is 1. The van der Waals surface area contributed by atoms with Gasteiger partial charge in [-0.05, 0) is 80.4 Å². The molecule has 2 aromatic carbocycles. The van der Waals surface area contributed by atoms with E-state index in [2.05, 4.69) is 0 Å². The standard InChI is InChI=1S/C32H40N2O12/c1-15-11-17(7-9-21(15)43-29-31(3,41)27(39)25(37)23(13-35)45-29)19-5-4-6-20(34-19)18-8-10-22(16(2)12-18)44-30-32(33,42)28(40)26(38)24(14-36)46-30/h4-12,23-30,35-42H,13-14,33H2,1-3H3/t23-,24-,25-,26-,27+,28+,29+,30+,31+,32+/m1/s1. The normalized spacial score (nSPS) is 34.7. The van der Waals surface area contributed by atoms with Gasteiger partial charge in [0.1, 0.15) is 48.1 Å². The molecule has 14 nitrogen and oxygen atoms in total. The predicted molar refractivity (Wildman–Crippen MR) is 161 cm³/mol. The van der Waals surface area contributed by atoms with Crippen LogP contribution < -0.4 is 15.2 Å². The van der Waals surface area contributed by atoms with E-state index >= 15 is 0 Å². The largest absolute Gasteiger partial charge is 0.461 e. The van der Waals surface area contributed by atoms with Gasteiger partial charge in [0.25, 0.3) is 0 Å². The summed E-state index contributed by atoms with van der Waals surface area (Å²) in [5.74, 6) is 0.642. The average Bonchev–Trinajstić information content (AvgIpc) is 3.03. The number of aryl methyl sites for hydroxylation is 2. The second-order valence-electron chi connectivity index (χ2n) is 12.0. The number of hydrogen-bond donors (Lipinski definition) is 9. The summed E-state index contributed by atoms with van der Waals surface area (Å²) in [5.41, 5.74) is 5.52. The molecular formula is C32H40N2O12. The van der Waals surface area contributed by atoms with Gasteiger partial charge in [0.15, 0.2) is 5.60 Å². The molecule has 14 heteroatoms. The Morgan fingerprint density at radius 1 is 0.739 bits per heavy atom. The second-order valence-corrected chi connectivity index (χ2v) is 12.0. The number of nitrogens with zero attached hydrogens (tertiary/aromatic N) is 1. The molecule has 10 atom stereocenters. The van der Waals surface area contributed by atoms with Crippen molar-refractivity contribution < 1.29 is 59.8 Å². The molecule has 2 fully saturated rings. The van der Waals surface area contributed by atoms with Crippen LogP contribution in [0, 0.1) is 13.8 Å². The highest BCUT2D eigenvalue weighted by atomic mass is 16.7. The summed E-state index contributed by atoms with van der Waals surface area (Å²) < 4.78 is 22.7. The lowest BCUT2D eigenvalue weighted by atomic mass is 9.88. The SMILES string of the molecule is Cc1cc(-c2cccc(-c3ccc(O[C@H]4O[C@H](CO)[C@@H](O)[C@H](O)[C@]4(N)O)c(C)c3)n2)ccc1O[C@H]1O[C@H](CO)[C@@H](O)[C@H](O)[C@]1(C)O. The Morgan fingerprint density at radius 3 is 1.67 bits per heavy atom. The number of pyridine rings is 1. The minimum Gasteiger partial charge on any atom is -0.461 e. The summed E-state index contributed by atoms with van der Waals surface area (Å²) in [5, 5.41) is 81.1. The molecule has 0 saturated carbocycles. The van der Waals surface area contributed by atoms with E-state index < -0.39 is 73.7 Å². The molecular weight excluding hydrogens is 604 g/mol. The van der Waals surface area contributed by atoms with E-state index in [1.807, 2.05) is 24.3 Å². The Kier molecular flexibility index (Phi) is 9.71. The van der Waals surface area contributed by atoms with E-state index in [-0.39, 0.29) is 5.75 Å². The zero-order valence-electron chi connectivity index (χ0n) is 25.5. The molecule has 0 aliphatic carbocycles. The summed E-state index contributed by atoms with van der Waals surface area (Å²) in [6, 6.07) is 16.0. The van der Waals surface area contributed by atoms with Crippen molar-refractivity contribution in [3.63, 3.8) is 0 Å². The lowest BCUT2D eigenvalue weighted by Crippen LogP contribution is -2.72. The molecule has 0 unspecified atom stereocenters. The fourth-order valence-corrected chi connectivity index (χ4v) is 5.47. The molecule has 46 heavy (non-hydrogen) atoms. The van der Waals surface area contributed by atoms with Gasteiger partial charge in [0.05, 0.1) is 24.6 Å². The zero-order chi connectivity index (χ0) is 33.6. The van der Waals surface area contributed by atoms with Gasteiger partial charge in [0, 0.05) is 11.1 Å². The third kappa shape index (κ3) is 6.34. The van der Waals surface area contributed by atoms with E-state index in [0.717, 1.165) is 11.1 Å². The van der Waals surface area contributed by atoms with Crippen molar-refractivity contribution in [1.29, 1.82) is 0 Å². The van der Waals surface area contributed by atoms with Crippen molar-refractivity contribution in [3.8, 4) is 34.0 Å². The van der Waals surface area contributed by atoms with Gasteiger partial charge in [-0.2, -0.15) is 0 Å². The fourth-order valence-electron chi connectivity index (χ4n) is 5.47. The number of aromatic nitrogens is 1. The number of aliphatic hydroxyl groups is 8. The Balaban J connectivity index is 1.33. The van der Waals surface area contributed by atoms with Gasteiger partial charge in [-0.3, -0.25) is 5.73 Å². The molecule has 3 heterocycles. The molecule has 5 rings (SSSR count). The van der Waals surface area contributed by atoms with E-state index in [1.54, 1.807) is 44.2 Å². The second kappa shape index (κ2) is 13.1. The molecule has 3 aromatic rings. The lowest BCUT2D eigenvalue weighted by Gasteiger charge is -2.45. The molecule has 0 bridgehead atoms. The van der Waals surface area contributed by atoms with Crippen LogP contribution in [0.5, 0.6) is 11.5 Å². The topological polar surface area (TPSA) is 238 Å².